The zero-order chi connectivity index (χ0) is 9.80. The Balaban J connectivity index is 1.95. The van der Waals surface area contributed by atoms with E-state index in [0.29, 0.717) is 12.5 Å². The number of imidazole rings is 1. The number of rotatable bonds is 3. The second-order valence-corrected chi connectivity index (χ2v) is 3.90. The van der Waals surface area contributed by atoms with Crippen molar-refractivity contribution in [3.63, 3.8) is 0 Å². The van der Waals surface area contributed by atoms with E-state index in [-0.39, 0.29) is 0 Å². The second kappa shape index (κ2) is 4.36. The monoisotopic (exact) mass is 301 g/mol. The van der Waals surface area contributed by atoms with E-state index >= 15 is 0 Å². The molecule has 2 N–H and O–H groups in total. The van der Waals surface area contributed by atoms with Crippen LogP contribution in [0.25, 0.3) is 0 Å². The maximum absolute atomic E-state index is 4.11. The standard InChI is InChI=1S/C8H8IN5/c9-6-1-11-8(12-2-6)13-4-7-3-10-5-14-7/h1-3,5H,4H2,(H,10,14)(H,11,12,13). The molecule has 0 amide bonds. The number of H-pyrrole nitrogens is 1. The molecule has 5 nitrogen and oxygen atoms in total. The third-order valence-electron chi connectivity index (χ3n) is 1.61. The number of anilines is 1. The number of aromatic amines is 1. The molecule has 2 aromatic heterocycles. The highest BCUT2D eigenvalue weighted by atomic mass is 127. The largest absolute Gasteiger partial charge is 0.349 e. The maximum atomic E-state index is 4.11. The van der Waals surface area contributed by atoms with Crippen molar-refractivity contribution in [1.82, 2.24) is 19.9 Å². The van der Waals surface area contributed by atoms with Gasteiger partial charge in [0.1, 0.15) is 0 Å². The fourth-order valence-corrected chi connectivity index (χ4v) is 1.24. The lowest BCUT2D eigenvalue weighted by atomic mass is 10.5. The van der Waals surface area contributed by atoms with Crippen LogP contribution in [0.5, 0.6) is 0 Å². The molecule has 0 fully saturated rings. The Bertz CT molecular complexity index is 383. The third kappa shape index (κ3) is 2.41. The van der Waals surface area contributed by atoms with Gasteiger partial charge in [0, 0.05) is 22.2 Å². The van der Waals surface area contributed by atoms with Gasteiger partial charge < -0.3 is 10.3 Å². The lowest BCUT2D eigenvalue weighted by Gasteiger charge is -2.01. The zero-order valence-electron chi connectivity index (χ0n) is 7.24. The Labute approximate surface area is 94.5 Å². The fourth-order valence-electron chi connectivity index (χ4n) is 0.959. The molecule has 14 heavy (non-hydrogen) atoms. The Morgan fingerprint density at radius 1 is 1.29 bits per heavy atom. The van der Waals surface area contributed by atoms with Crippen molar-refractivity contribution in [2.45, 2.75) is 6.54 Å². The molecule has 2 aromatic rings. The van der Waals surface area contributed by atoms with Crippen molar-refractivity contribution < 1.29 is 0 Å². The smallest absolute Gasteiger partial charge is 0.222 e. The fraction of sp³-hybridized carbons (Fsp3) is 0.125. The van der Waals surface area contributed by atoms with Crippen molar-refractivity contribution in [3.8, 4) is 0 Å². The number of hydrogen-bond donors (Lipinski definition) is 2. The van der Waals surface area contributed by atoms with E-state index in [1.807, 2.05) is 0 Å². The van der Waals surface area contributed by atoms with Crippen LogP contribution in [0.2, 0.25) is 0 Å². The summed E-state index contributed by atoms with van der Waals surface area (Å²) in [4.78, 5) is 15.1. The first-order chi connectivity index (χ1) is 6.84. The van der Waals surface area contributed by atoms with Crippen LogP contribution in [0, 0.1) is 3.57 Å². The van der Waals surface area contributed by atoms with E-state index < -0.39 is 0 Å². The van der Waals surface area contributed by atoms with Gasteiger partial charge in [0.25, 0.3) is 0 Å². The second-order valence-electron chi connectivity index (χ2n) is 2.66. The predicted molar refractivity (Wildman–Crippen MR) is 60.7 cm³/mol. The molecule has 6 heteroatoms. The summed E-state index contributed by atoms with van der Waals surface area (Å²) in [6.45, 7) is 0.653. The quantitative estimate of drug-likeness (QED) is 0.841. The summed E-state index contributed by atoms with van der Waals surface area (Å²) in [6.07, 6.45) is 6.94. The highest BCUT2D eigenvalue weighted by Crippen LogP contribution is 2.03. The molecule has 72 valence electrons. The van der Waals surface area contributed by atoms with E-state index in [1.165, 1.54) is 0 Å². The molecule has 0 radical (unpaired) electrons. The van der Waals surface area contributed by atoms with E-state index in [0.717, 1.165) is 9.26 Å². The van der Waals surface area contributed by atoms with Crippen LogP contribution in [0.15, 0.2) is 24.9 Å². The topological polar surface area (TPSA) is 66.5 Å². The van der Waals surface area contributed by atoms with Crippen LogP contribution in [0.1, 0.15) is 5.69 Å². The number of aromatic nitrogens is 4. The molecular weight excluding hydrogens is 293 g/mol. The molecule has 0 bridgehead atoms. The van der Waals surface area contributed by atoms with Gasteiger partial charge >= 0.3 is 0 Å². The van der Waals surface area contributed by atoms with Crippen LogP contribution in [0.4, 0.5) is 5.95 Å². The Kier molecular flexibility index (Phi) is 2.92. The number of nitrogens with zero attached hydrogens (tertiary/aromatic N) is 3. The molecule has 0 aliphatic carbocycles. The Morgan fingerprint density at radius 3 is 2.71 bits per heavy atom. The van der Waals surface area contributed by atoms with Crippen LogP contribution in [-0.4, -0.2) is 19.9 Å². The van der Waals surface area contributed by atoms with Gasteiger partial charge in [0.05, 0.1) is 18.6 Å². The van der Waals surface area contributed by atoms with Gasteiger partial charge in [-0.3, -0.25) is 0 Å². The minimum Gasteiger partial charge on any atom is -0.349 e. The average Bonchev–Trinajstić information content (AvgIpc) is 2.70. The number of nitrogens with one attached hydrogen (secondary N) is 2. The Morgan fingerprint density at radius 2 is 2.07 bits per heavy atom. The van der Waals surface area contributed by atoms with Crippen molar-refractivity contribution >= 4 is 28.5 Å². The number of halogens is 1. The van der Waals surface area contributed by atoms with Crippen LogP contribution in [-0.2, 0) is 6.54 Å². The van der Waals surface area contributed by atoms with Gasteiger partial charge in [-0.1, -0.05) is 0 Å². The minimum atomic E-state index is 0.625. The molecule has 0 aromatic carbocycles. The summed E-state index contributed by atoms with van der Waals surface area (Å²) in [5, 5.41) is 3.08. The van der Waals surface area contributed by atoms with Gasteiger partial charge in [-0.2, -0.15) is 0 Å². The van der Waals surface area contributed by atoms with Gasteiger partial charge in [0.2, 0.25) is 5.95 Å². The van der Waals surface area contributed by atoms with Crippen LogP contribution >= 0.6 is 22.6 Å². The number of hydrogen-bond acceptors (Lipinski definition) is 4. The first kappa shape index (κ1) is 9.38. The lowest BCUT2D eigenvalue weighted by Crippen LogP contribution is -2.03. The van der Waals surface area contributed by atoms with Gasteiger partial charge in [0.15, 0.2) is 0 Å². The van der Waals surface area contributed by atoms with Crippen molar-refractivity contribution in [1.29, 1.82) is 0 Å². The Hall–Kier alpha value is -1.18. The van der Waals surface area contributed by atoms with Gasteiger partial charge in [-0.15, -0.1) is 0 Å². The van der Waals surface area contributed by atoms with E-state index in [2.05, 4.69) is 47.8 Å². The third-order valence-corrected chi connectivity index (χ3v) is 2.17. The maximum Gasteiger partial charge on any atom is 0.222 e. The van der Waals surface area contributed by atoms with Gasteiger partial charge in [-0.05, 0) is 22.6 Å². The van der Waals surface area contributed by atoms with Crippen molar-refractivity contribution in [3.05, 3.63) is 34.2 Å². The average molecular weight is 301 g/mol. The summed E-state index contributed by atoms with van der Waals surface area (Å²) in [5.74, 6) is 0.625. The van der Waals surface area contributed by atoms with Crippen molar-refractivity contribution in [2.24, 2.45) is 0 Å². The van der Waals surface area contributed by atoms with Crippen molar-refractivity contribution in [2.75, 3.05) is 5.32 Å². The minimum absolute atomic E-state index is 0.625. The highest BCUT2D eigenvalue weighted by Gasteiger charge is 1.96. The molecule has 0 unspecified atom stereocenters. The zero-order valence-corrected chi connectivity index (χ0v) is 9.39. The SMILES string of the molecule is Ic1cnc(NCc2cnc[nH]2)nc1. The van der Waals surface area contributed by atoms with Crippen LogP contribution < -0.4 is 5.32 Å². The molecule has 0 aliphatic rings. The van der Waals surface area contributed by atoms with E-state index in [4.69, 9.17) is 0 Å². The predicted octanol–water partition coefficient (Wildman–Crippen LogP) is 1.42. The van der Waals surface area contributed by atoms with Crippen LogP contribution in [0.3, 0.4) is 0 Å². The molecule has 0 saturated heterocycles. The molecule has 0 aliphatic heterocycles. The molecule has 2 heterocycles. The first-order valence-electron chi connectivity index (χ1n) is 4.03. The van der Waals surface area contributed by atoms with E-state index in [1.54, 1.807) is 24.9 Å². The lowest BCUT2D eigenvalue weighted by molar-refractivity contribution is 1.01. The first-order valence-corrected chi connectivity index (χ1v) is 5.11. The summed E-state index contributed by atoms with van der Waals surface area (Å²) < 4.78 is 1.02. The van der Waals surface area contributed by atoms with E-state index in [9.17, 15) is 0 Å². The molecule has 2 rings (SSSR count). The summed E-state index contributed by atoms with van der Waals surface area (Å²) >= 11 is 2.17. The summed E-state index contributed by atoms with van der Waals surface area (Å²) in [5.41, 5.74) is 1.01. The molecule has 0 atom stereocenters. The normalized spacial score (nSPS) is 10.1. The molecular formula is C8H8IN5. The highest BCUT2D eigenvalue weighted by molar-refractivity contribution is 14.1. The summed E-state index contributed by atoms with van der Waals surface area (Å²) in [6, 6.07) is 0. The summed E-state index contributed by atoms with van der Waals surface area (Å²) in [7, 11) is 0. The molecule has 0 spiro atoms. The molecule has 0 saturated carbocycles. The van der Waals surface area contributed by atoms with Gasteiger partial charge in [-0.25, -0.2) is 15.0 Å².